The highest BCUT2D eigenvalue weighted by Crippen LogP contribution is 2.32. The summed E-state index contributed by atoms with van der Waals surface area (Å²) in [6, 6.07) is 18.3. The lowest BCUT2D eigenvalue weighted by Crippen LogP contribution is -2.27. The summed E-state index contributed by atoms with van der Waals surface area (Å²) in [5, 5.41) is 0.280. The van der Waals surface area contributed by atoms with Crippen molar-refractivity contribution in [3.8, 4) is 0 Å². The summed E-state index contributed by atoms with van der Waals surface area (Å²) in [7, 11) is 0. The zero-order chi connectivity index (χ0) is 18.6. The molecule has 7 heteroatoms. The van der Waals surface area contributed by atoms with Crippen LogP contribution in [0.1, 0.15) is 5.56 Å². The van der Waals surface area contributed by atoms with Crippen LogP contribution in [0.25, 0.3) is 11.0 Å². The van der Waals surface area contributed by atoms with Crippen LogP contribution >= 0.6 is 11.6 Å². The number of aromatic amines is 1. The van der Waals surface area contributed by atoms with Crippen molar-refractivity contribution in [2.24, 2.45) is 0 Å². The van der Waals surface area contributed by atoms with Gasteiger partial charge in [-0.3, -0.25) is 0 Å². The fourth-order valence-corrected chi connectivity index (χ4v) is 2.96. The van der Waals surface area contributed by atoms with Gasteiger partial charge in [0, 0.05) is 6.20 Å². The van der Waals surface area contributed by atoms with Gasteiger partial charge in [-0.2, -0.15) is 0 Å². The number of imidazole rings is 1. The van der Waals surface area contributed by atoms with E-state index in [2.05, 4.69) is 15.0 Å². The van der Waals surface area contributed by atoms with Crippen LogP contribution in [0.4, 0.5) is 16.2 Å². The zero-order valence-electron chi connectivity index (χ0n) is 14.2. The van der Waals surface area contributed by atoms with Crippen molar-refractivity contribution in [3.05, 3.63) is 83.9 Å². The highest BCUT2D eigenvalue weighted by Gasteiger charge is 2.23. The maximum absolute atomic E-state index is 13.0. The van der Waals surface area contributed by atoms with Crippen LogP contribution in [-0.4, -0.2) is 21.0 Å². The summed E-state index contributed by atoms with van der Waals surface area (Å²) < 4.78 is 5.55. The van der Waals surface area contributed by atoms with Gasteiger partial charge < -0.3 is 9.72 Å². The van der Waals surface area contributed by atoms with E-state index in [4.69, 9.17) is 16.3 Å². The molecule has 134 valence electrons. The molecule has 0 bridgehead atoms. The Hall–Kier alpha value is -3.38. The quantitative estimate of drug-likeness (QED) is 0.502. The highest BCUT2D eigenvalue weighted by atomic mass is 35.5. The predicted octanol–water partition coefficient (Wildman–Crippen LogP) is 5.09. The second-order valence-corrected chi connectivity index (χ2v) is 6.18. The number of ether oxygens (including phenoxy) is 1. The first-order chi connectivity index (χ1) is 13.2. The second-order valence-electron chi connectivity index (χ2n) is 5.79. The van der Waals surface area contributed by atoms with Gasteiger partial charge in [-0.15, -0.1) is 0 Å². The molecule has 4 aromatic rings. The van der Waals surface area contributed by atoms with Crippen LogP contribution in [0.3, 0.4) is 0 Å². The largest absolute Gasteiger partial charge is 0.444 e. The lowest BCUT2D eigenvalue weighted by Gasteiger charge is -2.22. The number of nitrogens with zero attached hydrogens (tertiary/aromatic N) is 3. The number of anilines is 2. The van der Waals surface area contributed by atoms with E-state index in [9.17, 15) is 4.79 Å². The van der Waals surface area contributed by atoms with Crippen molar-refractivity contribution in [2.45, 2.75) is 6.61 Å². The normalized spacial score (nSPS) is 10.7. The van der Waals surface area contributed by atoms with E-state index < -0.39 is 6.09 Å². The first kappa shape index (κ1) is 17.1. The molecule has 0 aliphatic heterocycles. The van der Waals surface area contributed by atoms with Gasteiger partial charge in [-0.1, -0.05) is 48.0 Å². The zero-order valence-corrected chi connectivity index (χ0v) is 14.9. The lowest BCUT2D eigenvalue weighted by molar-refractivity contribution is 0.150. The van der Waals surface area contributed by atoms with Crippen molar-refractivity contribution in [1.29, 1.82) is 0 Å². The van der Waals surface area contributed by atoms with E-state index in [0.717, 1.165) is 11.1 Å². The van der Waals surface area contributed by atoms with Crippen LogP contribution in [-0.2, 0) is 11.3 Å². The van der Waals surface area contributed by atoms with Crippen LogP contribution < -0.4 is 4.90 Å². The number of benzene rings is 2. The minimum Gasteiger partial charge on any atom is -0.444 e. The molecular formula is C20H15ClN4O2. The van der Waals surface area contributed by atoms with Gasteiger partial charge in [0.25, 0.3) is 0 Å². The molecule has 0 saturated carbocycles. The van der Waals surface area contributed by atoms with Crippen molar-refractivity contribution in [2.75, 3.05) is 4.90 Å². The van der Waals surface area contributed by atoms with Crippen molar-refractivity contribution in [3.63, 3.8) is 0 Å². The Morgan fingerprint density at radius 1 is 1.07 bits per heavy atom. The summed E-state index contributed by atoms with van der Waals surface area (Å²) in [6.45, 7) is 0.158. The number of aromatic nitrogens is 3. The molecule has 4 rings (SSSR count). The molecule has 0 aliphatic carbocycles. The van der Waals surface area contributed by atoms with E-state index in [1.807, 2.05) is 42.5 Å². The Kier molecular flexibility index (Phi) is 4.72. The number of para-hydroxylation sites is 1. The van der Waals surface area contributed by atoms with Gasteiger partial charge in [0.1, 0.15) is 17.3 Å². The SMILES string of the molecule is O=C(OCc1ccccc1)N(c1ccnc(Cl)c1)c1cccc2[nH]cnc12. The number of nitrogens with one attached hydrogen (secondary N) is 1. The summed E-state index contributed by atoms with van der Waals surface area (Å²) in [5.41, 5.74) is 3.50. The molecule has 2 aromatic heterocycles. The van der Waals surface area contributed by atoms with Crippen molar-refractivity contribution in [1.82, 2.24) is 15.0 Å². The number of rotatable bonds is 4. The third kappa shape index (κ3) is 3.61. The van der Waals surface area contributed by atoms with E-state index in [1.165, 1.54) is 4.90 Å². The Labute approximate surface area is 160 Å². The monoisotopic (exact) mass is 378 g/mol. The number of pyridine rings is 1. The molecule has 0 fully saturated rings. The molecular weight excluding hydrogens is 364 g/mol. The number of hydrogen-bond donors (Lipinski definition) is 1. The Morgan fingerprint density at radius 2 is 1.93 bits per heavy atom. The maximum Gasteiger partial charge on any atom is 0.419 e. The number of carbonyl (C=O) groups is 1. The molecule has 2 aromatic carbocycles. The van der Waals surface area contributed by atoms with Crippen LogP contribution in [0.15, 0.2) is 73.2 Å². The van der Waals surface area contributed by atoms with Gasteiger partial charge in [0.05, 0.1) is 23.2 Å². The number of H-pyrrole nitrogens is 1. The van der Waals surface area contributed by atoms with Gasteiger partial charge in [0.2, 0.25) is 0 Å². The number of halogens is 1. The number of carbonyl (C=O) groups excluding carboxylic acids is 1. The number of hydrogen-bond acceptors (Lipinski definition) is 4. The first-order valence-corrected chi connectivity index (χ1v) is 8.64. The molecule has 1 N–H and O–H groups in total. The fraction of sp³-hybridized carbons (Fsp3) is 0.0500. The topological polar surface area (TPSA) is 71.1 Å². The van der Waals surface area contributed by atoms with Crippen LogP contribution in [0, 0.1) is 0 Å². The average molecular weight is 379 g/mol. The second kappa shape index (κ2) is 7.47. The van der Waals surface area contributed by atoms with Gasteiger partial charge >= 0.3 is 6.09 Å². The molecule has 0 radical (unpaired) electrons. The third-order valence-corrected chi connectivity index (χ3v) is 4.23. The van der Waals surface area contributed by atoms with E-state index >= 15 is 0 Å². The fourth-order valence-electron chi connectivity index (χ4n) is 2.79. The minimum atomic E-state index is -0.531. The first-order valence-electron chi connectivity index (χ1n) is 8.27. The summed E-state index contributed by atoms with van der Waals surface area (Å²) >= 11 is 6.04. The van der Waals surface area contributed by atoms with E-state index in [-0.39, 0.29) is 11.8 Å². The van der Waals surface area contributed by atoms with E-state index in [0.29, 0.717) is 16.9 Å². The number of amides is 1. The van der Waals surface area contributed by atoms with Crippen LogP contribution in [0.5, 0.6) is 0 Å². The molecule has 1 amide bonds. The minimum absolute atomic E-state index is 0.158. The number of fused-ring (bicyclic) bond motifs is 1. The van der Waals surface area contributed by atoms with Crippen molar-refractivity contribution < 1.29 is 9.53 Å². The van der Waals surface area contributed by atoms with E-state index in [1.54, 1.807) is 30.7 Å². The summed E-state index contributed by atoms with van der Waals surface area (Å²) in [6.07, 6.45) is 2.60. The molecule has 0 saturated heterocycles. The third-order valence-electron chi connectivity index (χ3n) is 4.03. The molecule has 2 heterocycles. The predicted molar refractivity (Wildman–Crippen MR) is 104 cm³/mol. The van der Waals surface area contributed by atoms with Crippen LogP contribution in [0.2, 0.25) is 5.15 Å². The molecule has 6 nitrogen and oxygen atoms in total. The lowest BCUT2D eigenvalue weighted by atomic mass is 10.2. The molecule has 0 unspecified atom stereocenters. The molecule has 0 atom stereocenters. The van der Waals surface area contributed by atoms with Gasteiger partial charge in [0.15, 0.2) is 0 Å². The maximum atomic E-state index is 13.0. The standard InChI is InChI=1S/C20H15ClN4O2/c21-18-11-15(9-10-22-18)25(17-8-4-7-16-19(17)24-13-23-16)20(26)27-12-14-5-2-1-3-6-14/h1-11,13H,12H2,(H,23,24). The Balaban J connectivity index is 1.72. The van der Waals surface area contributed by atoms with Crippen molar-refractivity contribution >= 4 is 40.1 Å². The molecule has 0 spiro atoms. The smallest absolute Gasteiger partial charge is 0.419 e. The average Bonchev–Trinajstić information content (AvgIpc) is 3.17. The van der Waals surface area contributed by atoms with Gasteiger partial charge in [-0.05, 0) is 29.8 Å². The highest BCUT2D eigenvalue weighted by molar-refractivity contribution is 6.29. The summed E-state index contributed by atoms with van der Waals surface area (Å²) in [5.74, 6) is 0. The molecule has 27 heavy (non-hydrogen) atoms. The van der Waals surface area contributed by atoms with Gasteiger partial charge in [-0.25, -0.2) is 19.7 Å². The molecule has 0 aliphatic rings. The Morgan fingerprint density at radius 3 is 2.74 bits per heavy atom. The summed E-state index contributed by atoms with van der Waals surface area (Å²) in [4.78, 5) is 25.8. The Bertz CT molecular complexity index is 1080.